The number of allylic oxidation sites excluding steroid dienone is 2. The normalized spacial score (nSPS) is 22.3. The third kappa shape index (κ3) is 6.84. The summed E-state index contributed by atoms with van der Waals surface area (Å²) in [7, 11) is -1.03. The lowest BCUT2D eigenvalue weighted by atomic mass is 9.58. The molecule has 0 bridgehead atoms. The van der Waals surface area contributed by atoms with Gasteiger partial charge < -0.3 is 20.1 Å². The molecule has 2 saturated heterocycles. The molecule has 49 heavy (non-hydrogen) atoms. The average Bonchev–Trinajstić information content (AvgIpc) is 3.36. The van der Waals surface area contributed by atoms with Crippen molar-refractivity contribution in [3.63, 3.8) is 0 Å². The van der Waals surface area contributed by atoms with Crippen molar-refractivity contribution in [2.75, 3.05) is 10.2 Å². The van der Waals surface area contributed by atoms with Gasteiger partial charge in [-0.2, -0.15) is 0 Å². The van der Waals surface area contributed by atoms with Crippen molar-refractivity contribution in [2.45, 2.75) is 51.5 Å². The zero-order valence-electron chi connectivity index (χ0n) is 27.7. The molecule has 0 saturated carbocycles. The Kier molecular flexibility index (Phi) is 9.51. The van der Waals surface area contributed by atoms with Gasteiger partial charge in [0.2, 0.25) is 11.8 Å². The number of carbonyl (C=O) groups is 2. The quantitative estimate of drug-likeness (QED) is 0.0691. The van der Waals surface area contributed by atoms with Gasteiger partial charge in [-0.25, -0.2) is 0 Å². The van der Waals surface area contributed by atoms with Crippen LogP contribution in [0.4, 0.5) is 17.1 Å². The number of benzene rings is 4. The summed E-state index contributed by atoms with van der Waals surface area (Å²) in [5, 5.41) is 24.5. The van der Waals surface area contributed by atoms with Crippen molar-refractivity contribution in [1.82, 2.24) is 0 Å². The monoisotopic (exact) mass is 652 g/mol. The first-order valence-electron chi connectivity index (χ1n) is 17.3. The van der Waals surface area contributed by atoms with Crippen molar-refractivity contribution in [2.24, 2.45) is 17.8 Å². The van der Waals surface area contributed by atoms with Crippen LogP contribution in [0.15, 0.2) is 120 Å². The van der Waals surface area contributed by atoms with E-state index in [9.17, 15) is 19.7 Å². The van der Waals surface area contributed by atoms with E-state index in [1.165, 1.54) is 10.5 Å². The second-order valence-corrected chi connectivity index (χ2v) is 13.3. The van der Waals surface area contributed by atoms with Crippen LogP contribution in [-0.2, 0) is 14.2 Å². The smallest absolute Gasteiger partial charge is 0.455 e. The topological polar surface area (TPSA) is 99.1 Å². The van der Waals surface area contributed by atoms with E-state index < -0.39 is 19.0 Å². The Hall–Kier alpha value is -4.92. The predicted molar refractivity (Wildman–Crippen MR) is 195 cm³/mol. The van der Waals surface area contributed by atoms with Crippen molar-refractivity contribution in [1.29, 1.82) is 0 Å². The number of phenols is 1. The summed E-state index contributed by atoms with van der Waals surface area (Å²) in [5.74, 6) is -1.42. The molecule has 7 nitrogen and oxygen atoms in total. The molecular formula is C41H41BN2O5. The van der Waals surface area contributed by atoms with Gasteiger partial charge >= 0.3 is 7.12 Å². The van der Waals surface area contributed by atoms with Crippen LogP contribution in [0, 0.1) is 17.8 Å². The van der Waals surface area contributed by atoms with E-state index in [4.69, 9.17) is 4.65 Å². The number of nitrogens with zero attached hydrogens (tertiary/aromatic N) is 1. The van der Waals surface area contributed by atoms with Crippen molar-refractivity contribution in [3.05, 3.63) is 131 Å². The van der Waals surface area contributed by atoms with Gasteiger partial charge in [-0.15, -0.1) is 0 Å². The Morgan fingerprint density at radius 2 is 1.61 bits per heavy atom. The minimum atomic E-state index is -1.03. The lowest BCUT2D eigenvalue weighted by Gasteiger charge is -2.43. The SMILES string of the molecule is CCCC1=C2[C@@H](CC/C(=C/c3cccc(O)c3)c3ccccc3)OB(O)C[C@@H]2[C@@H]2C(=O)N(c3ccc(Nc4ccccc4)cc3)C(=O)[C@@H]2C1. The van der Waals surface area contributed by atoms with E-state index in [1.54, 1.807) is 12.1 Å². The largest absolute Gasteiger partial charge is 0.508 e. The molecule has 2 heterocycles. The number of rotatable bonds is 10. The van der Waals surface area contributed by atoms with Crippen LogP contribution in [0.3, 0.4) is 0 Å². The lowest BCUT2D eigenvalue weighted by Crippen LogP contribution is -2.46. The van der Waals surface area contributed by atoms with E-state index >= 15 is 0 Å². The highest BCUT2D eigenvalue weighted by Gasteiger charge is 2.57. The fourth-order valence-corrected chi connectivity index (χ4v) is 7.99. The zero-order valence-corrected chi connectivity index (χ0v) is 27.7. The molecule has 0 unspecified atom stereocenters. The maximum atomic E-state index is 14.3. The molecule has 8 heteroatoms. The standard InChI is InChI=1S/C41H41BN2O5/c1-2-10-30-25-35-39(41(47)44(40(35)46)33-20-18-32(19-21-33)43-31-14-7-4-8-15-31)36-26-42(48)49-37(38(30)36)22-17-29(28-12-5-3-6-13-28)23-27-11-9-16-34(45)24-27/h3-9,11-16,18-21,23-24,35-37,39,43,45,48H,2,10,17,22,25-26H2,1H3/b29-23-/t35-,36+,37-,39-/m1/s1. The highest BCUT2D eigenvalue weighted by molar-refractivity contribution is 6.43. The van der Waals surface area contributed by atoms with E-state index in [2.05, 4.69) is 30.4 Å². The summed E-state index contributed by atoms with van der Waals surface area (Å²) in [4.78, 5) is 29.7. The molecular weight excluding hydrogens is 611 g/mol. The minimum absolute atomic E-state index is 0.163. The van der Waals surface area contributed by atoms with Gasteiger partial charge in [-0.3, -0.25) is 14.5 Å². The lowest BCUT2D eigenvalue weighted by molar-refractivity contribution is -0.122. The molecule has 2 aliphatic heterocycles. The van der Waals surface area contributed by atoms with Crippen LogP contribution in [0.1, 0.15) is 50.2 Å². The van der Waals surface area contributed by atoms with Crippen LogP contribution in [0.25, 0.3) is 11.6 Å². The molecule has 0 radical (unpaired) electrons. The molecule has 3 N–H and O–H groups in total. The number of imide groups is 1. The molecule has 2 amide bonds. The number of hydrogen-bond acceptors (Lipinski definition) is 6. The highest BCUT2D eigenvalue weighted by atomic mass is 16.5. The molecule has 4 aromatic rings. The van der Waals surface area contributed by atoms with Gasteiger partial charge in [0.1, 0.15) is 5.75 Å². The van der Waals surface area contributed by atoms with Crippen LogP contribution in [0.5, 0.6) is 5.75 Å². The second-order valence-electron chi connectivity index (χ2n) is 13.3. The molecule has 4 atom stereocenters. The summed E-state index contributed by atoms with van der Waals surface area (Å²) in [6.07, 6.45) is 5.51. The van der Waals surface area contributed by atoms with Crippen LogP contribution in [-0.4, -0.2) is 35.2 Å². The molecule has 4 aromatic carbocycles. The number of hydrogen-bond donors (Lipinski definition) is 3. The third-order valence-electron chi connectivity index (χ3n) is 10.1. The Bertz CT molecular complexity index is 1880. The summed E-state index contributed by atoms with van der Waals surface area (Å²) < 4.78 is 6.29. The third-order valence-corrected chi connectivity index (χ3v) is 10.1. The first kappa shape index (κ1) is 32.6. The molecule has 7 rings (SSSR count). The average molecular weight is 653 g/mol. The molecule has 3 aliphatic rings. The molecule has 0 aromatic heterocycles. The summed E-state index contributed by atoms with van der Waals surface area (Å²) in [5.41, 5.74) is 7.72. The van der Waals surface area contributed by atoms with Crippen molar-refractivity contribution >= 4 is 47.6 Å². The summed E-state index contributed by atoms with van der Waals surface area (Å²) in [6, 6.07) is 34.6. The van der Waals surface area contributed by atoms with Gasteiger partial charge in [0.25, 0.3) is 0 Å². The Morgan fingerprint density at radius 1 is 0.898 bits per heavy atom. The van der Waals surface area contributed by atoms with E-state index in [0.717, 1.165) is 46.5 Å². The Morgan fingerprint density at radius 3 is 2.33 bits per heavy atom. The summed E-state index contributed by atoms with van der Waals surface area (Å²) >= 11 is 0. The van der Waals surface area contributed by atoms with Crippen LogP contribution in [0.2, 0.25) is 6.32 Å². The van der Waals surface area contributed by atoms with Gasteiger partial charge in [0.05, 0.1) is 23.6 Å². The van der Waals surface area contributed by atoms with Gasteiger partial charge in [-0.1, -0.05) is 85.7 Å². The van der Waals surface area contributed by atoms with Crippen LogP contribution < -0.4 is 10.2 Å². The Balaban J connectivity index is 1.16. The highest BCUT2D eigenvalue weighted by Crippen LogP contribution is 2.52. The van der Waals surface area contributed by atoms with Crippen LogP contribution >= 0.6 is 0 Å². The molecule has 248 valence electrons. The number of carbonyl (C=O) groups excluding carboxylic acids is 2. The fraction of sp³-hybridized carbons (Fsp3) is 0.268. The van der Waals surface area contributed by atoms with Crippen molar-refractivity contribution in [3.8, 4) is 5.75 Å². The summed E-state index contributed by atoms with van der Waals surface area (Å²) in [6.45, 7) is 2.13. The number of anilines is 3. The number of para-hydroxylation sites is 1. The predicted octanol–water partition coefficient (Wildman–Crippen LogP) is 8.26. The van der Waals surface area contributed by atoms with E-state index in [-0.39, 0.29) is 35.9 Å². The molecule has 2 fully saturated rings. The number of nitrogens with one attached hydrogen (secondary N) is 1. The van der Waals surface area contributed by atoms with E-state index in [1.807, 2.05) is 84.9 Å². The maximum absolute atomic E-state index is 14.3. The number of phenolic OH excluding ortho intramolecular Hbond substituents is 1. The zero-order chi connectivity index (χ0) is 33.9. The number of fused-ring (bicyclic) bond motifs is 3. The molecule has 0 spiro atoms. The van der Waals surface area contributed by atoms with Gasteiger partial charge in [0.15, 0.2) is 0 Å². The molecule has 1 aliphatic carbocycles. The van der Waals surface area contributed by atoms with Crippen molar-refractivity contribution < 1.29 is 24.4 Å². The number of aromatic hydroxyl groups is 1. The second kappa shape index (κ2) is 14.3. The Labute approximate surface area is 288 Å². The first-order valence-corrected chi connectivity index (χ1v) is 17.3. The maximum Gasteiger partial charge on any atom is 0.455 e. The minimum Gasteiger partial charge on any atom is -0.508 e. The van der Waals surface area contributed by atoms with Gasteiger partial charge in [-0.05, 0) is 109 Å². The van der Waals surface area contributed by atoms with Gasteiger partial charge in [0, 0.05) is 11.4 Å². The number of amides is 2. The van der Waals surface area contributed by atoms with E-state index in [0.29, 0.717) is 24.9 Å². The fourth-order valence-electron chi connectivity index (χ4n) is 7.99. The first-order chi connectivity index (χ1) is 23.9.